The smallest absolute Gasteiger partial charge is 0.0286 e. The first-order valence-corrected chi connectivity index (χ1v) is 8.08. The summed E-state index contributed by atoms with van der Waals surface area (Å²) in [5.74, 6) is 2.14. The molecule has 0 amide bonds. The Kier molecular flexibility index (Phi) is 5.61. The Morgan fingerprint density at radius 3 is 2.24 bits per heavy atom. The maximum atomic E-state index is 2.51. The van der Waals surface area contributed by atoms with E-state index in [1.807, 2.05) is 0 Å². The van der Waals surface area contributed by atoms with Crippen LogP contribution in [0.25, 0.3) is 0 Å². The molecule has 17 heavy (non-hydrogen) atoms. The van der Waals surface area contributed by atoms with E-state index in [0.717, 1.165) is 11.8 Å². The molecular formula is C17H30. The fourth-order valence-electron chi connectivity index (χ4n) is 3.73. The van der Waals surface area contributed by atoms with Gasteiger partial charge < -0.3 is 0 Å². The maximum Gasteiger partial charge on any atom is -0.0286 e. The summed E-state index contributed by atoms with van der Waals surface area (Å²) in [6.07, 6.45) is 20.1. The van der Waals surface area contributed by atoms with Gasteiger partial charge >= 0.3 is 0 Å². The lowest BCUT2D eigenvalue weighted by Crippen LogP contribution is -2.07. The summed E-state index contributed by atoms with van der Waals surface area (Å²) in [6.45, 7) is 2.30. The van der Waals surface area contributed by atoms with Gasteiger partial charge in [0.05, 0.1) is 0 Å². The molecule has 0 heteroatoms. The van der Waals surface area contributed by atoms with E-state index in [1.54, 1.807) is 5.57 Å². The van der Waals surface area contributed by atoms with Crippen molar-refractivity contribution in [2.45, 2.75) is 84.0 Å². The molecular weight excluding hydrogens is 204 g/mol. The normalized spacial score (nSPS) is 26.5. The molecule has 2 unspecified atom stereocenters. The minimum atomic E-state index is 1.06. The Morgan fingerprint density at radius 2 is 1.65 bits per heavy atom. The molecule has 0 aliphatic heterocycles. The standard InChI is InChI=1S/C17H30/c1-2-3-4-5-6-7-8-9-10-16-13-15-11-12-17(16)14-15/h11,16-17H,2-10,12-14H2,1H3. The van der Waals surface area contributed by atoms with E-state index in [4.69, 9.17) is 0 Å². The fourth-order valence-corrected chi connectivity index (χ4v) is 3.73. The molecule has 2 aliphatic rings. The van der Waals surface area contributed by atoms with Crippen molar-refractivity contribution in [3.8, 4) is 0 Å². The number of hydrogen-bond donors (Lipinski definition) is 0. The largest absolute Gasteiger partial charge is 0.0850 e. The highest BCUT2D eigenvalue weighted by atomic mass is 14.4. The van der Waals surface area contributed by atoms with Crippen LogP contribution in [0.15, 0.2) is 11.6 Å². The Morgan fingerprint density at radius 1 is 0.941 bits per heavy atom. The average molecular weight is 234 g/mol. The highest BCUT2D eigenvalue weighted by Crippen LogP contribution is 2.46. The lowest BCUT2D eigenvalue weighted by molar-refractivity contribution is 0.351. The Balaban J connectivity index is 1.41. The van der Waals surface area contributed by atoms with Gasteiger partial charge in [-0.2, -0.15) is 0 Å². The van der Waals surface area contributed by atoms with Crippen LogP contribution in [0.4, 0.5) is 0 Å². The van der Waals surface area contributed by atoms with E-state index in [9.17, 15) is 0 Å². The number of allylic oxidation sites excluding steroid dienone is 2. The van der Waals surface area contributed by atoms with Crippen LogP contribution < -0.4 is 0 Å². The second-order valence-electron chi connectivity index (χ2n) is 6.29. The number of rotatable bonds is 9. The van der Waals surface area contributed by atoms with Crippen LogP contribution >= 0.6 is 0 Å². The number of fused-ring (bicyclic) bond motifs is 2. The zero-order chi connectivity index (χ0) is 11.9. The Labute approximate surface area is 108 Å². The molecule has 0 aromatic rings. The van der Waals surface area contributed by atoms with Gasteiger partial charge in [0.2, 0.25) is 0 Å². The van der Waals surface area contributed by atoms with Crippen molar-refractivity contribution >= 4 is 0 Å². The number of unbranched alkanes of at least 4 members (excludes halogenated alkanes) is 7. The third kappa shape index (κ3) is 4.16. The van der Waals surface area contributed by atoms with Crippen molar-refractivity contribution in [3.63, 3.8) is 0 Å². The molecule has 2 atom stereocenters. The van der Waals surface area contributed by atoms with E-state index in [1.165, 1.54) is 77.0 Å². The van der Waals surface area contributed by atoms with Crippen molar-refractivity contribution in [3.05, 3.63) is 11.6 Å². The van der Waals surface area contributed by atoms with Crippen LogP contribution in [-0.2, 0) is 0 Å². The topological polar surface area (TPSA) is 0 Å². The van der Waals surface area contributed by atoms with Gasteiger partial charge in [0, 0.05) is 0 Å². The quantitative estimate of drug-likeness (QED) is 0.345. The summed E-state index contributed by atoms with van der Waals surface area (Å²) in [5.41, 5.74) is 1.79. The third-order valence-corrected chi connectivity index (χ3v) is 4.85. The highest BCUT2D eigenvalue weighted by molar-refractivity contribution is 5.18. The fraction of sp³-hybridized carbons (Fsp3) is 0.882. The monoisotopic (exact) mass is 234 g/mol. The van der Waals surface area contributed by atoms with Crippen molar-refractivity contribution in [2.24, 2.45) is 11.8 Å². The van der Waals surface area contributed by atoms with Crippen LogP contribution in [0, 0.1) is 11.8 Å². The summed E-state index contributed by atoms with van der Waals surface area (Å²) >= 11 is 0. The first kappa shape index (κ1) is 13.2. The van der Waals surface area contributed by atoms with Gasteiger partial charge in [-0.05, 0) is 37.5 Å². The zero-order valence-corrected chi connectivity index (χ0v) is 11.7. The summed E-state index contributed by atoms with van der Waals surface area (Å²) in [4.78, 5) is 0. The first-order chi connectivity index (χ1) is 8.40. The Hall–Kier alpha value is -0.260. The zero-order valence-electron chi connectivity index (χ0n) is 11.7. The predicted octanol–water partition coefficient (Wildman–Crippen LogP) is 5.87. The second-order valence-corrected chi connectivity index (χ2v) is 6.29. The molecule has 0 N–H and O–H groups in total. The first-order valence-electron chi connectivity index (χ1n) is 8.08. The summed E-state index contributed by atoms with van der Waals surface area (Å²) < 4.78 is 0. The molecule has 0 saturated heterocycles. The molecule has 1 saturated carbocycles. The van der Waals surface area contributed by atoms with Crippen molar-refractivity contribution in [2.75, 3.05) is 0 Å². The molecule has 98 valence electrons. The molecule has 0 spiro atoms. The lowest BCUT2D eigenvalue weighted by Gasteiger charge is -2.18. The minimum Gasteiger partial charge on any atom is -0.0850 e. The van der Waals surface area contributed by atoms with Gasteiger partial charge in [0.1, 0.15) is 0 Å². The Bertz CT molecular complexity index is 238. The second kappa shape index (κ2) is 7.24. The van der Waals surface area contributed by atoms with E-state index < -0.39 is 0 Å². The summed E-state index contributed by atoms with van der Waals surface area (Å²) in [6, 6.07) is 0. The van der Waals surface area contributed by atoms with Crippen molar-refractivity contribution in [1.82, 2.24) is 0 Å². The van der Waals surface area contributed by atoms with E-state index in [0.29, 0.717) is 0 Å². The third-order valence-electron chi connectivity index (χ3n) is 4.85. The molecule has 0 nitrogen and oxygen atoms in total. The lowest BCUT2D eigenvalue weighted by atomic mass is 9.87. The van der Waals surface area contributed by atoms with Gasteiger partial charge in [0.15, 0.2) is 0 Å². The molecule has 2 bridgehead atoms. The van der Waals surface area contributed by atoms with Crippen LogP contribution in [0.2, 0.25) is 0 Å². The van der Waals surface area contributed by atoms with Gasteiger partial charge in [-0.25, -0.2) is 0 Å². The van der Waals surface area contributed by atoms with E-state index >= 15 is 0 Å². The van der Waals surface area contributed by atoms with E-state index in [2.05, 4.69) is 13.0 Å². The molecule has 0 aromatic heterocycles. The van der Waals surface area contributed by atoms with E-state index in [-0.39, 0.29) is 0 Å². The molecule has 0 radical (unpaired) electrons. The van der Waals surface area contributed by atoms with Crippen LogP contribution in [0.1, 0.15) is 84.0 Å². The molecule has 0 aromatic carbocycles. The van der Waals surface area contributed by atoms with Crippen molar-refractivity contribution in [1.29, 1.82) is 0 Å². The SMILES string of the molecule is CCCCCCCCCCC1CC2=CCC1C2. The van der Waals surface area contributed by atoms with Gasteiger partial charge in [0.25, 0.3) is 0 Å². The average Bonchev–Trinajstić information content (AvgIpc) is 2.94. The van der Waals surface area contributed by atoms with Crippen LogP contribution in [-0.4, -0.2) is 0 Å². The molecule has 2 aliphatic carbocycles. The number of hydrogen-bond acceptors (Lipinski definition) is 0. The predicted molar refractivity (Wildman–Crippen MR) is 76.1 cm³/mol. The van der Waals surface area contributed by atoms with Crippen LogP contribution in [0.5, 0.6) is 0 Å². The van der Waals surface area contributed by atoms with Gasteiger partial charge in [-0.1, -0.05) is 69.9 Å². The molecule has 1 fully saturated rings. The maximum absolute atomic E-state index is 2.51. The molecule has 2 rings (SSSR count). The summed E-state index contributed by atoms with van der Waals surface area (Å²) in [5, 5.41) is 0. The van der Waals surface area contributed by atoms with Gasteiger partial charge in [-0.15, -0.1) is 0 Å². The molecule has 0 heterocycles. The minimum absolute atomic E-state index is 1.06. The summed E-state index contributed by atoms with van der Waals surface area (Å²) in [7, 11) is 0. The van der Waals surface area contributed by atoms with Crippen LogP contribution in [0.3, 0.4) is 0 Å². The van der Waals surface area contributed by atoms with Crippen molar-refractivity contribution < 1.29 is 0 Å². The van der Waals surface area contributed by atoms with Gasteiger partial charge in [-0.3, -0.25) is 0 Å². The highest BCUT2D eigenvalue weighted by Gasteiger charge is 2.32.